The average molecular weight is 232 g/mol. The quantitative estimate of drug-likeness (QED) is 0.816. The minimum atomic E-state index is 0.542. The van der Waals surface area contributed by atoms with Crippen LogP contribution in [-0.2, 0) is 6.42 Å². The summed E-state index contributed by atoms with van der Waals surface area (Å²) >= 11 is 0. The van der Waals surface area contributed by atoms with E-state index < -0.39 is 0 Å². The molecule has 0 heterocycles. The Kier molecular flexibility index (Phi) is 4.57. The van der Waals surface area contributed by atoms with Gasteiger partial charge in [0.25, 0.3) is 0 Å². The van der Waals surface area contributed by atoms with Crippen molar-refractivity contribution in [2.75, 3.05) is 13.6 Å². The van der Waals surface area contributed by atoms with Gasteiger partial charge in [-0.15, -0.1) is 0 Å². The molecule has 2 nitrogen and oxygen atoms in total. The van der Waals surface area contributed by atoms with E-state index in [1.807, 2.05) is 0 Å². The van der Waals surface area contributed by atoms with Crippen molar-refractivity contribution in [3.8, 4) is 0 Å². The summed E-state index contributed by atoms with van der Waals surface area (Å²) in [4.78, 5) is 2.51. The first kappa shape index (κ1) is 12.6. The highest BCUT2D eigenvalue weighted by Crippen LogP contribution is 2.26. The monoisotopic (exact) mass is 232 g/mol. The molecule has 1 unspecified atom stereocenters. The summed E-state index contributed by atoms with van der Waals surface area (Å²) in [5.41, 5.74) is 7.34. The summed E-state index contributed by atoms with van der Waals surface area (Å²) in [6, 6.07) is 12.0. The fraction of sp³-hybridized carbons (Fsp3) is 0.600. The second kappa shape index (κ2) is 6.18. The standard InChI is InChI=1S/C15H24N2/c1-17(14-8-5-9-14)15(12-16)11-10-13-6-3-2-4-7-13/h2-4,6-7,14-15H,5,8-12,16H2,1H3. The van der Waals surface area contributed by atoms with Crippen molar-refractivity contribution in [2.24, 2.45) is 5.73 Å². The van der Waals surface area contributed by atoms with Gasteiger partial charge in [-0.3, -0.25) is 4.90 Å². The fourth-order valence-electron chi connectivity index (χ4n) is 2.56. The highest BCUT2D eigenvalue weighted by atomic mass is 15.2. The number of likely N-dealkylation sites (N-methyl/N-ethyl adjacent to an activating group) is 1. The molecule has 2 N–H and O–H groups in total. The van der Waals surface area contributed by atoms with Crippen LogP contribution in [0.25, 0.3) is 0 Å². The molecule has 0 radical (unpaired) electrons. The number of hydrogen-bond acceptors (Lipinski definition) is 2. The van der Waals surface area contributed by atoms with Gasteiger partial charge in [-0.25, -0.2) is 0 Å². The molecule has 0 bridgehead atoms. The fourth-order valence-corrected chi connectivity index (χ4v) is 2.56. The zero-order valence-corrected chi connectivity index (χ0v) is 10.8. The predicted octanol–water partition coefficient (Wildman–Crippen LogP) is 2.43. The van der Waals surface area contributed by atoms with Crippen LogP contribution in [0.3, 0.4) is 0 Å². The summed E-state index contributed by atoms with van der Waals surface area (Å²) in [7, 11) is 2.24. The van der Waals surface area contributed by atoms with E-state index in [9.17, 15) is 0 Å². The molecular weight excluding hydrogens is 208 g/mol. The summed E-state index contributed by atoms with van der Waals surface area (Å²) in [6.07, 6.45) is 6.43. The van der Waals surface area contributed by atoms with Crippen LogP contribution in [0.5, 0.6) is 0 Å². The first-order chi connectivity index (χ1) is 8.31. The van der Waals surface area contributed by atoms with Crippen molar-refractivity contribution < 1.29 is 0 Å². The Morgan fingerprint density at radius 1 is 1.29 bits per heavy atom. The molecule has 1 fully saturated rings. The van der Waals surface area contributed by atoms with Crippen molar-refractivity contribution >= 4 is 0 Å². The Hall–Kier alpha value is -0.860. The number of aryl methyl sites for hydroxylation is 1. The molecule has 17 heavy (non-hydrogen) atoms. The Morgan fingerprint density at radius 2 is 2.00 bits per heavy atom. The van der Waals surface area contributed by atoms with Gasteiger partial charge in [0.2, 0.25) is 0 Å². The molecule has 1 aliphatic rings. The van der Waals surface area contributed by atoms with E-state index in [1.165, 1.54) is 31.2 Å². The van der Waals surface area contributed by atoms with Crippen LogP contribution < -0.4 is 5.73 Å². The van der Waals surface area contributed by atoms with Gasteiger partial charge < -0.3 is 5.73 Å². The molecule has 1 aromatic carbocycles. The van der Waals surface area contributed by atoms with Crippen LogP contribution in [-0.4, -0.2) is 30.6 Å². The van der Waals surface area contributed by atoms with Gasteiger partial charge in [0.15, 0.2) is 0 Å². The molecule has 0 saturated heterocycles. The Balaban J connectivity index is 1.82. The van der Waals surface area contributed by atoms with Crippen LogP contribution in [0.15, 0.2) is 30.3 Å². The first-order valence-electron chi connectivity index (χ1n) is 6.77. The molecule has 0 amide bonds. The molecule has 0 aliphatic heterocycles. The average Bonchev–Trinajstić information content (AvgIpc) is 2.29. The largest absolute Gasteiger partial charge is 0.329 e. The molecule has 2 heteroatoms. The number of hydrogen-bond donors (Lipinski definition) is 1. The number of nitrogens with zero attached hydrogens (tertiary/aromatic N) is 1. The minimum absolute atomic E-state index is 0.542. The van der Waals surface area contributed by atoms with Gasteiger partial charge >= 0.3 is 0 Å². The van der Waals surface area contributed by atoms with Crippen LogP contribution in [0.1, 0.15) is 31.2 Å². The molecule has 2 rings (SSSR count). The van der Waals surface area contributed by atoms with E-state index in [0.29, 0.717) is 6.04 Å². The lowest BCUT2D eigenvalue weighted by atomic mass is 9.90. The van der Waals surface area contributed by atoms with Gasteiger partial charge in [-0.1, -0.05) is 36.8 Å². The minimum Gasteiger partial charge on any atom is -0.329 e. The lowest BCUT2D eigenvalue weighted by molar-refractivity contribution is 0.108. The predicted molar refractivity (Wildman–Crippen MR) is 73.0 cm³/mol. The molecule has 0 aromatic heterocycles. The van der Waals surface area contributed by atoms with E-state index in [-0.39, 0.29) is 0 Å². The third-order valence-corrected chi connectivity index (χ3v) is 4.11. The molecule has 1 atom stereocenters. The lowest BCUT2D eigenvalue weighted by Crippen LogP contribution is -2.47. The maximum atomic E-state index is 5.91. The van der Waals surface area contributed by atoms with Gasteiger partial charge in [0, 0.05) is 18.6 Å². The van der Waals surface area contributed by atoms with Gasteiger partial charge in [-0.2, -0.15) is 0 Å². The lowest BCUT2D eigenvalue weighted by Gasteiger charge is -2.39. The summed E-state index contributed by atoms with van der Waals surface area (Å²) in [6.45, 7) is 0.778. The van der Waals surface area contributed by atoms with Gasteiger partial charge in [0.1, 0.15) is 0 Å². The third kappa shape index (κ3) is 3.30. The Labute approximate surface area is 105 Å². The number of benzene rings is 1. The van der Waals surface area contributed by atoms with Gasteiger partial charge in [-0.05, 0) is 38.3 Å². The van der Waals surface area contributed by atoms with Crippen LogP contribution in [0, 0.1) is 0 Å². The van der Waals surface area contributed by atoms with E-state index in [0.717, 1.165) is 19.0 Å². The highest BCUT2D eigenvalue weighted by molar-refractivity contribution is 5.14. The Morgan fingerprint density at radius 3 is 2.53 bits per heavy atom. The zero-order valence-electron chi connectivity index (χ0n) is 10.8. The molecule has 1 saturated carbocycles. The first-order valence-corrected chi connectivity index (χ1v) is 6.77. The topological polar surface area (TPSA) is 29.3 Å². The molecule has 1 aliphatic carbocycles. The summed E-state index contributed by atoms with van der Waals surface area (Å²) < 4.78 is 0. The second-order valence-electron chi connectivity index (χ2n) is 5.16. The van der Waals surface area contributed by atoms with E-state index >= 15 is 0 Å². The SMILES string of the molecule is CN(C(CN)CCc1ccccc1)C1CCC1. The van der Waals surface area contributed by atoms with E-state index in [1.54, 1.807) is 0 Å². The molecule has 0 spiro atoms. The molecule has 1 aromatic rings. The Bertz CT molecular complexity index is 319. The van der Waals surface area contributed by atoms with Crippen molar-refractivity contribution in [3.63, 3.8) is 0 Å². The number of rotatable bonds is 6. The highest BCUT2D eigenvalue weighted by Gasteiger charge is 2.26. The van der Waals surface area contributed by atoms with Crippen molar-refractivity contribution in [1.82, 2.24) is 4.90 Å². The second-order valence-corrected chi connectivity index (χ2v) is 5.16. The smallest absolute Gasteiger partial charge is 0.0221 e. The number of nitrogens with two attached hydrogens (primary N) is 1. The summed E-state index contributed by atoms with van der Waals surface area (Å²) in [5.74, 6) is 0. The molecule has 94 valence electrons. The van der Waals surface area contributed by atoms with Crippen LogP contribution in [0.4, 0.5) is 0 Å². The van der Waals surface area contributed by atoms with Crippen molar-refractivity contribution in [3.05, 3.63) is 35.9 Å². The van der Waals surface area contributed by atoms with E-state index in [2.05, 4.69) is 42.3 Å². The summed E-state index contributed by atoms with van der Waals surface area (Å²) in [5, 5.41) is 0. The third-order valence-electron chi connectivity index (χ3n) is 4.11. The maximum Gasteiger partial charge on any atom is 0.0221 e. The molecular formula is C15H24N2. The van der Waals surface area contributed by atoms with Crippen LogP contribution in [0.2, 0.25) is 0 Å². The van der Waals surface area contributed by atoms with E-state index in [4.69, 9.17) is 5.73 Å². The van der Waals surface area contributed by atoms with Crippen LogP contribution >= 0.6 is 0 Å². The van der Waals surface area contributed by atoms with Gasteiger partial charge in [0.05, 0.1) is 0 Å². The maximum absolute atomic E-state index is 5.91. The normalized spacial score (nSPS) is 18.1. The zero-order chi connectivity index (χ0) is 12.1. The van der Waals surface area contributed by atoms with Crippen molar-refractivity contribution in [1.29, 1.82) is 0 Å². The van der Waals surface area contributed by atoms with Crippen molar-refractivity contribution in [2.45, 2.75) is 44.2 Å².